The number of amides is 1. The quantitative estimate of drug-likeness (QED) is 0.399. The number of hydrogen-bond acceptors (Lipinski definition) is 2. The highest BCUT2D eigenvalue weighted by molar-refractivity contribution is 6.33. The van der Waals surface area contributed by atoms with E-state index in [-0.39, 0.29) is 5.91 Å². The Morgan fingerprint density at radius 2 is 2.00 bits per heavy atom. The molecule has 5 heteroatoms. The zero-order chi connectivity index (χ0) is 21.4. The molecule has 0 unspecified atom stereocenters. The van der Waals surface area contributed by atoms with Crippen LogP contribution in [0.1, 0.15) is 35.0 Å². The average molecular weight is 428 g/mol. The number of nitrogens with one attached hydrogen (secondary N) is 1. The van der Waals surface area contributed by atoms with Crippen molar-refractivity contribution in [3.05, 3.63) is 88.7 Å². The van der Waals surface area contributed by atoms with E-state index in [0.29, 0.717) is 16.3 Å². The Kier molecular flexibility index (Phi) is 5.08. The van der Waals surface area contributed by atoms with Crippen molar-refractivity contribution in [2.24, 2.45) is 0 Å². The lowest BCUT2D eigenvalue weighted by Gasteiger charge is -2.10. The minimum Gasteiger partial charge on any atom is -0.344 e. The summed E-state index contributed by atoms with van der Waals surface area (Å²) in [6.45, 7) is 3.12. The normalized spacial score (nSPS) is 12.7. The van der Waals surface area contributed by atoms with E-state index in [1.54, 1.807) is 30.5 Å². The maximum atomic E-state index is 12.8. The average Bonchev–Trinajstić information content (AvgIpc) is 3.12. The summed E-state index contributed by atoms with van der Waals surface area (Å²) in [6.07, 6.45) is 8.27. The summed E-state index contributed by atoms with van der Waals surface area (Å²) in [5, 5.41) is 4.81. The number of benzene rings is 2. The molecule has 1 amide bonds. The van der Waals surface area contributed by atoms with Crippen molar-refractivity contribution < 1.29 is 4.79 Å². The summed E-state index contributed by atoms with van der Waals surface area (Å²) >= 11 is 6.23. The predicted molar refractivity (Wildman–Crippen MR) is 128 cm³/mol. The van der Waals surface area contributed by atoms with Gasteiger partial charge in [0, 0.05) is 51.7 Å². The summed E-state index contributed by atoms with van der Waals surface area (Å²) in [6, 6.07) is 17.1. The number of aryl methyl sites for hydroxylation is 1. The molecule has 2 aromatic carbocycles. The van der Waals surface area contributed by atoms with Crippen LogP contribution in [0.3, 0.4) is 0 Å². The molecule has 4 nitrogen and oxygen atoms in total. The molecule has 1 N–H and O–H groups in total. The lowest BCUT2D eigenvalue weighted by Crippen LogP contribution is -2.11. The molecule has 0 atom stereocenters. The van der Waals surface area contributed by atoms with Crippen LogP contribution in [0.4, 0.5) is 5.69 Å². The number of anilines is 1. The Balaban J connectivity index is 1.42. The fourth-order valence-electron chi connectivity index (χ4n) is 4.33. The third-order valence-corrected chi connectivity index (χ3v) is 6.10. The molecule has 0 radical (unpaired) electrons. The predicted octanol–water partition coefficient (Wildman–Crippen LogP) is 6.59. The van der Waals surface area contributed by atoms with Crippen molar-refractivity contribution in [2.45, 2.75) is 26.3 Å². The molecule has 31 heavy (non-hydrogen) atoms. The SMILES string of the molecule is CCn1c2c(c3cc(NC(=O)c4ccc(-c5ncccc5Cl)cc4)ccc31)C=CCC2. The molecule has 1 aliphatic rings. The van der Waals surface area contributed by atoms with Gasteiger partial charge in [0.2, 0.25) is 0 Å². The van der Waals surface area contributed by atoms with E-state index in [9.17, 15) is 4.79 Å². The second-order valence-corrected chi connectivity index (χ2v) is 8.05. The molecule has 4 aromatic rings. The highest BCUT2D eigenvalue weighted by Crippen LogP contribution is 2.33. The van der Waals surface area contributed by atoms with Gasteiger partial charge >= 0.3 is 0 Å². The Labute approximate surface area is 186 Å². The first-order valence-corrected chi connectivity index (χ1v) is 10.9. The Bertz CT molecular complexity index is 1320. The summed E-state index contributed by atoms with van der Waals surface area (Å²) in [5.74, 6) is -0.141. The van der Waals surface area contributed by atoms with Gasteiger partial charge in [-0.05, 0) is 62.2 Å². The van der Waals surface area contributed by atoms with E-state index < -0.39 is 0 Å². The summed E-state index contributed by atoms with van der Waals surface area (Å²) in [4.78, 5) is 17.2. The first kappa shape index (κ1) is 19.6. The van der Waals surface area contributed by atoms with Crippen LogP contribution in [0.25, 0.3) is 28.2 Å². The van der Waals surface area contributed by atoms with E-state index in [4.69, 9.17) is 11.6 Å². The number of aromatic nitrogens is 2. The molecule has 154 valence electrons. The van der Waals surface area contributed by atoms with Gasteiger partial charge < -0.3 is 9.88 Å². The molecule has 0 bridgehead atoms. The Hall–Kier alpha value is -3.37. The number of allylic oxidation sites excluding steroid dienone is 1. The summed E-state index contributed by atoms with van der Waals surface area (Å²) in [7, 11) is 0. The second-order valence-electron chi connectivity index (χ2n) is 7.64. The lowest BCUT2D eigenvalue weighted by atomic mass is 10.0. The number of pyridine rings is 1. The van der Waals surface area contributed by atoms with Crippen molar-refractivity contribution >= 4 is 40.2 Å². The lowest BCUT2D eigenvalue weighted by molar-refractivity contribution is 0.102. The van der Waals surface area contributed by atoms with Crippen LogP contribution < -0.4 is 5.32 Å². The monoisotopic (exact) mass is 427 g/mol. The number of nitrogens with zero attached hydrogens (tertiary/aromatic N) is 2. The van der Waals surface area contributed by atoms with Gasteiger partial charge in [0.15, 0.2) is 0 Å². The van der Waals surface area contributed by atoms with E-state index >= 15 is 0 Å². The van der Waals surface area contributed by atoms with Crippen LogP contribution in [-0.2, 0) is 13.0 Å². The van der Waals surface area contributed by atoms with Gasteiger partial charge in [-0.2, -0.15) is 0 Å². The van der Waals surface area contributed by atoms with E-state index in [2.05, 4.69) is 46.1 Å². The number of fused-ring (bicyclic) bond motifs is 3. The van der Waals surface area contributed by atoms with Crippen molar-refractivity contribution in [3.63, 3.8) is 0 Å². The molecular weight excluding hydrogens is 406 g/mol. The highest BCUT2D eigenvalue weighted by Gasteiger charge is 2.17. The van der Waals surface area contributed by atoms with Crippen LogP contribution in [0.15, 0.2) is 66.9 Å². The van der Waals surface area contributed by atoms with Crippen molar-refractivity contribution in [2.75, 3.05) is 5.32 Å². The smallest absolute Gasteiger partial charge is 0.255 e. The zero-order valence-corrected chi connectivity index (χ0v) is 18.0. The van der Waals surface area contributed by atoms with Gasteiger partial charge in [-0.25, -0.2) is 0 Å². The maximum Gasteiger partial charge on any atom is 0.255 e. The molecule has 0 saturated carbocycles. The number of halogens is 1. The van der Waals surface area contributed by atoms with Gasteiger partial charge in [0.1, 0.15) is 0 Å². The van der Waals surface area contributed by atoms with E-state index in [0.717, 1.165) is 30.6 Å². The molecule has 5 rings (SSSR count). The van der Waals surface area contributed by atoms with Crippen molar-refractivity contribution in [3.8, 4) is 11.3 Å². The van der Waals surface area contributed by atoms with Gasteiger partial charge in [-0.15, -0.1) is 0 Å². The molecule has 0 spiro atoms. The van der Waals surface area contributed by atoms with Crippen molar-refractivity contribution in [1.82, 2.24) is 9.55 Å². The van der Waals surface area contributed by atoms with E-state index in [1.165, 1.54) is 22.2 Å². The van der Waals surface area contributed by atoms with Gasteiger partial charge in [-0.3, -0.25) is 9.78 Å². The zero-order valence-electron chi connectivity index (χ0n) is 17.2. The number of carbonyl (C=O) groups is 1. The second kappa shape index (κ2) is 8.05. The number of hydrogen-bond donors (Lipinski definition) is 1. The first-order chi connectivity index (χ1) is 15.2. The van der Waals surface area contributed by atoms with Gasteiger partial charge in [-0.1, -0.05) is 35.9 Å². The third kappa shape index (κ3) is 3.53. The maximum absolute atomic E-state index is 12.8. The van der Waals surface area contributed by atoms with E-state index in [1.807, 2.05) is 18.2 Å². The standard InChI is InChI=1S/C26H22ClN3O/c1-2-30-23-8-4-3-6-20(23)21-16-19(13-14-24(21)30)29-26(31)18-11-9-17(10-12-18)25-22(27)7-5-15-28-25/h3,5-7,9-16H,2,4,8H2,1H3,(H,29,31). The molecule has 0 aliphatic heterocycles. The van der Waals surface area contributed by atoms with Crippen LogP contribution >= 0.6 is 11.6 Å². The van der Waals surface area contributed by atoms with Crippen LogP contribution in [0.5, 0.6) is 0 Å². The highest BCUT2D eigenvalue weighted by atomic mass is 35.5. The van der Waals surface area contributed by atoms with Gasteiger partial charge in [0.25, 0.3) is 5.91 Å². The molecule has 0 saturated heterocycles. The minimum atomic E-state index is -0.141. The topological polar surface area (TPSA) is 46.9 Å². The molecule has 1 aliphatic carbocycles. The number of rotatable bonds is 4. The van der Waals surface area contributed by atoms with Crippen LogP contribution in [0.2, 0.25) is 5.02 Å². The Morgan fingerprint density at radius 1 is 1.16 bits per heavy atom. The fourth-order valence-corrected chi connectivity index (χ4v) is 4.56. The molecule has 2 aromatic heterocycles. The summed E-state index contributed by atoms with van der Waals surface area (Å²) in [5.41, 5.74) is 6.84. The third-order valence-electron chi connectivity index (χ3n) is 5.80. The Morgan fingerprint density at radius 3 is 2.77 bits per heavy atom. The number of carbonyl (C=O) groups excluding carboxylic acids is 1. The van der Waals surface area contributed by atoms with Crippen LogP contribution in [0, 0.1) is 0 Å². The first-order valence-electron chi connectivity index (χ1n) is 10.5. The van der Waals surface area contributed by atoms with Crippen molar-refractivity contribution in [1.29, 1.82) is 0 Å². The van der Waals surface area contributed by atoms with Crippen LogP contribution in [-0.4, -0.2) is 15.5 Å². The summed E-state index contributed by atoms with van der Waals surface area (Å²) < 4.78 is 2.38. The molecule has 2 heterocycles. The van der Waals surface area contributed by atoms with Gasteiger partial charge in [0.05, 0.1) is 10.7 Å². The molecule has 0 fully saturated rings. The largest absolute Gasteiger partial charge is 0.344 e. The molecular formula is C26H22ClN3O. The minimum absolute atomic E-state index is 0.141. The fraction of sp³-hybridized carbons (Fsp3) is 0.154.